The molecule has 41 heavy (non-hydrogen) atoms. The van der Waals surface area contributed by atoms with Crippen LogP contribution in [-0.4, -0.2) is 28.8 Å². The fourth-order valence-corrected chi connectivity index (χ4v) is 11.4. The minimum Gasteiger partial charge on any atom is -0.480 e. The van der Waals surface area contributed by atoms with E-state index in [9.17, 15) is 19.5 Å². The molecule has 4 saturated carbocycles. The van der Waals surface area contributed by atoms with Gasteiger partial charge in [0.2, 0.25) is 5.91 Å². The van der Waals surface area contributed by atoms with Gasteiger partial charge in [-0.15, -0.1) is 0 Å². The maximum absolute atomic E-state index is 14.3. The molecule has 0 aromatic carbocycles. The molecule has 0 bridgehead atoms. The van der Waals surface area contributed by atoms with Gasteiger partial charge < -0.3 is 10.4 Å². The van der Waals surface area contributed by atoms with E-state index in [-0.39, 0.29) is 44.8 Å². The summed E-state index contributed by atoms with van der Waals surface area (Å²) >= 11 is 0. The molecule has 0 spiro atoms. The van der Waals surface area contributed by atoms with E-state index in [1.54, 1.807) is 0 Å². The maximum atomic E-state index is 14.3. The third-order valence-corrected chi connectivity index (χ3v) is 14.6. The van der Waals surface area contributed by atoms with E-state index >= 15 is 0 Å². The van der Waals surface area contributed by atoms with E-state index in [1.807, 2.05) is 13.8 Å². The summed E-state index contributed by atoms with van der Waals surface area (Å²) in [5, 5.41) is 13.1. The van der Waals surface area contributed by atoms with Crippen molar-refractivity contribution in [2.45, 2.75) is 139 Å². The fraction of sp³-hybridized carbons (Fsp3) is 0.861. The van der Waals surface area contributed by atoms with Gasteiger partial charge >= 0.3 is 5.97 Å². The van der Waals surface area contributed by atoms with Gasteiger partial charge in [-0.3, -0.25) is 9.59 Å². The molecule has 5 aliphatic carbocycles. The van der Waals surface area contributed by atoms with Crippen molar-refractivity contribution in [1.82, 2.24) is 5.32 Å². The number of allylic oxidation sites excluding steroid dienone is 2. The van der Waals surface area contributed by atoms with Crippen LogP contribution in [0.4, 0.5) is 0 Å². The largest absolute Gasteiger partial charge is 0.480 e. The number of Topliss-reactive ketones (excluding diaryl/α,β-unsaturated/α-hetero) is 1. The summed E-state index contributed by atoms with van der Waals surface area (Å²) in [4.78, 5) is 39.6. The number of carboxylic acid groups (broad SMARTS) is 1. The number of nitrogens with one attached hydrogen (secondary N) is 1. The number of carboxylic acids is 1. The van der Waals surface area contributed by atoms with Crippen LogP contribution in [-0.2, 0) is 14.4 Å². The Hall–Kier alpha value is -1.65. The van der Waals surface area contributed by atoms with Gasteiger partial charge in [0.1, 0.15) is 11.8 Å². The van der Waals surface area contributed by atoms with E-state index in [4.69, 9.17) is 0 Å². The van der Waals surface area contributed by atoms with Crippen LogP contribution in [0.2, 0.25) is 0 Å². The van der Waals surface area contributed by atoms with Crippen molar-refractivity contribution in [3.63, 3.8) is 0 Å². The molecule has 4 fully saturated rings. The van der Waals surface area contributed by atoms with Gasteiger partial charge in [0.05, 0.1) is 5.41 Å². The van der Waals surface area contributed by atoms with Crippen molar-refractivity contribution < 1.29 is 19.5 Å². The Morgan fingerprint density at radius 1 is 0.976 bits per heavy atom. The number of rotatable bonds is 5. The van der Waals surface area contributed by atoms with Crippen LogP contribution < -0.4 is 5.32 Å². The van der Waals surface area contributed by atoms with Crippen molar-refractivity contribution in [2.24, 2.45) is 56.2 Å². The third kappa shape index (κ3) is 4.24. The van der Waals surface area contributed by atoms with Crippen LogP contribution in [0.25, 0.3) is 0 Å². The second-order valence-electron chi connectivity index (χ2n) is 17.2. The van der Waals surface area contributed by atoms with Gasteiger partial charge in [-0.1, -0.05) is 80.4 Å². The van der Waals surface area contributed by atoms with Gasteiger partial charge in [-0.2, -0.15) is 0 Å². The van der Waals surface area contributed by atoms with E-state index in [0.717, 1.165) is 57.8 Å². The van der Waals surface area contributed by atoms with Crippen molar-refractivity contribution in [3.8, 4) is 0 Å². The number of hydrogen-bond donors (Lipinski definition) is 2. The minimum atomic E-state index is -0.927. The highest BCUT2D eigenvalue weighted by Crippen LogP contribution is 2.75. The van der Waals surface area contributed by atoms with Crippen molar-refractivity contribution in [2.75, 3.05) is 0 Å². The standard InChI is InChI=1S/C36H57NO4/c1-10-22(2)28(29(39)40)37-30(41)36-19-17-31(3,4)21-24(36)23-11-12-26-33(7)15-14-27(38)32(5,6)25(33)13-16-35(26,9)34(23,8)18-20-36/h11,22,24-26,28H,10,12-21H2,1-9H3,(H,37,41)(H,39,40)/t22-,24-,25-,26+,28-,33-,34+,35+,36-/m0/s1. The van der Waals surface area contributed by atoms with Crippen LogP contribution in [0.15, 0.2) is 11.6 Å². The number of fused-ring (bicyclic) bond motifs is 7. The summed E-state index contributed by atoms with van der Waals surface area (Å²) in [7, 11) is 0. The second kappa shape index (κ2) is 9.68. The number of amides is 1. The lowest BCUT2D eigenvalue weighted by Gasteiger charge is -2.70. The molecule has 0 radical (unpaired) electrons. The topological polar surface area (TPSA) is 83.5 Å². The van der Waals surface area contributed by atoms with Crippen LogP contribution in [0.3, 0.4) is 0 Å². The summed E-state index contributed by atoms with van der Waals surface area (Å²) < 4.78 is 0. The number of hydrogen-bond acceptors (Lipinski definition) is 3. The molecular weight excluding hydrogens is 510 g/mol. The highest BCUT2D eigenvalue weighted by Gasteiger charge is 2.69. The molecule has 5 heteroatoms. The zero-order valence-corrected chi connectivity index (χ0v) is 27.4. The molecule has 0 aromatic heterocycles. The van der Waals surface area contributed by atoms with E-state index in [2.05, 4.69) is 59.9 Å². The Balaban J connectivity index is 1.55. The lowest BCUT2D eigenvalue weighted by Crippen LogP contribution is -2.65. The van der Waals surface area contributed by atoms with Gasteiger partial charge in [0.15, 0.2) is 0 Å². The molecule has 5 rings (SSSR count). The molecule has 5 nitrogen and oxygen atoms in total. The maximum Gasteiger partial charge on any atom is 0.326 e. The lowest BCUT2D eigenvalue weighted by atomic mass is 9.33. The number of ketones is 1. The quantitative estimate of drug-likeness (QED) is 0.330. The number of carbonyl (C=O) groups is 3. The van der Waals surface area contributed by atoms with Crippen molar-refractivity contribution in [3.05, 3.63) is 11.6 Å². The normalized spacial score (nSPS) is 44.2. The highest BCUT2D eigenvalue weighted by molar-refractivity contribution is 5.89. The van der Waals surface area contributed by atoms with Crippen molar-refractivity contribution >= 4 is 17.7 Å². The summed E-state index contributed by atoms with van der Waals surface area (Å²) in [6.07, 6.45) is 12.8. The molecule has 230 valence electrons. The summed E-state index contributed by atoms with van der Waals surface area (Å²) in [5.74, 6) is 0.461. The first-order valence-electron chi connectivity index (χ1n) is 16.7. The Morgan fingerprint density at radius 2 is 1.63 bits per heavy atom. The first kappa shape index (κ1) is 30.8. The second-order valence-corrected chi connectivity index (χ2v) is 17.2. The molecule has 0 aromatic rings. The van der Waals surface area contributed by atoms with Gasteiger partial charge in [0, 0.05) is 11.8 Å². The molecule has 0 saturated heterocycles. The smallest absolute Gasteiger partial charge is 0.326 e. The predicted molar refractivity (Wildman–Crippen MR) is 163 cm³/mol. The van der Waals surface area contributed by atoms with Gasteiger partial charge in [0.25, 0.3) is 0 Å². The molecule has 0 heterocycles. The van der Waals surface area contributed by atoms with E-state index < -0.39 is 17.4 Å². The zero-order valence-electron chi connectivity index (χ0n) is 27.4. The Labute approximate surface area is 249 Å². The molecular formula is C36H57NO4. The third-order valence-electron chi connectivity index (χ3n) is 14.6. The fourth-order valence-electron chi connectivity index (χ4n) is 11.4. The highest BCUT2D eigenvalue weighted by atomic mass is 16.4. The molecule has 5 aliphatic rings. The van der Waals surface area contributed by atoms with Crippen LogP contribution in [0.5, 0.6) is 0 Å². The first-order chi connectivity index (χ1) is 18.9. The zero-order chi connectivity index (χ0) is 30.4. The molecule has 2 N–H and O–H groups in total. The summed E-state index contributed by atoms with van der Waals surface area (Å²) in [6, 6.07) is -0.847. The Bertz CT molecular complexity index is 1150. The lowest BCUT2D eigenvalue weighted by molar-refractivity contribution is -0.186. The predicted octanol–water partition coefficient (Wildman–Crippen LogP) is 7.97. The SMILES string of the molecule is CC[C@H](C)[C@H](NC(=O)[C@]12CCC(C)(C)C[C@H]1C1=CC[C@@H]3[C@@]4(C)CCC(=O)C(C)(C)[C@@H]4CC[C@@]3(C)[C@]1(C)CC2)C(=O)O. The monoisotopic (exact) mass is 567 g/mol. The van der Waals surface area contributed by atoms with Crippen LogP contribution >= 0.6 is 0 Å². The van der Waals surface area contributed by atoms with Gasteiger partial charge in [-0.05, 0) is 103 Å². The molecule has 0 aliphatic heterocycles. The summed E-state index contributed by atoms with van der Waals surface area (Å²) in [5.41, 5.74) is 1.09. The Kier molecular flexibility index (Phi) is 7.27. The van der Waals surface area contributed by atoms with E-state index in [0.29, 0.717) is 30.5 Å². The number of aliphatic carboxylic acids is 1. The first-order valence-corrected chi connectivity index (χ1v) is 16.7. The number of carbonyl (C=O) groups excluding carboxylic acids is 2. The molecule has 1 amide bonds. The minimum absolute atomic E-state index is 0.000270. The summed E-state index contributed by atoms with van der Waals surface area (Å²) in [6.45, 7) is 20.6. The average molecular weight is 568 g/mol. The molecule has 0 unspecified atom stereocenters. The van der Waals surface area contributed by atoms with Crippen LogP contribution in [0.1, 0.15) is 133 Å². The van der Waals surface area contributed by atoms with Crippen molar-refractivity contribution in [1.29, 1.82) is 0 Å². The average Bonchev–Trinajstić information content (AvgIpc) is 2.89. The van der Waals surface area contributed by atoms with E-state index in [1.165, 1.54) is 5.57 Å². The Morgan fingerprint density at radius 3 is 2.27 bits per heavy atom. The van der Waals surface area contributed by atoms with Crippen LogP contribution in [0, 0.1) is 56.2 Å². The van der Waals surface area contributed by atoms with Gasteiger partial charge in [-0.25, -0.2) is 4.79 Å². The molecule has 9 atom stereocenters.